The number of rotatable bonds is 5. The van der Waals surface area contributed by atoms with Crippen molar-refractivity contribution in [3.8, 4) is 0 Å². The summed E-state index contributed by atoms with van der Waals surface area (Å²) in [4.78, 5) is 43.0. The summed E-state index contributed by atoms with van der Waals surface area (Å²) in [5.74, 6) is 0.393. The molecule has 2 aliphatic heterocycles. The number of amides is 1. The van der Waals surface area contributed by atoms with Gasteiger partial charge in [-0.3, -0.25) is 14.6 Å². The molecule has 2 saturated heterocycles. The van der Waals surface area contributed by atoms with E-state index in [1.165, 1.54) is 5.56 Å². The molecule has 3 N–H and O–H groups in total. The van der Waals surface area contributed by atoms with Crippen LogP contribution in [-0.4, -0.2) is 47.0 Å². The Kier molecular flexibility index (Phi) is 6.29. The van der Waals surface area contributed by atoms with Crippen LogP contribution in [-0.2, 0) is 17.6 Å². The van der Waals surface area contributed by atoms with Crippen LogP contribution in [0, 0.1) is 18.3 Å². The number of hydrogen-bond acceptors (Lipinski definition) is 4. The quantitative estimate of drug-likeness (QED) is 0.675. The Bertz CT molecular complexity index is 987. The highest BCUT2D eigenvalue weighted by molar-refractivity contribution is 5.85. The highest BCUT2D eigenvalue weighted by atomic mass is 35.5. The molecule has 0 bridgehead atoms. The minimum atomic E-state index is -0.541. The summed E-state index contributed by atoms with van der Waals surface area (Å²) in [5.41, 5.74) is 1.20. The Hall–Kier alpha value is -2.38. The molecule has 1 aromatic carbocycles. The molecular formula is C21H27ClN4O3. The lowest BCUT2D eigenvalue weighted by atomic mass is 9.76. The van der Waals surface area contributed by atoms with Gasteiger partial charge in [0.25, 0.3) is 5.56 Å². The van der Waals surface area contributed by atoms with Gasteiger partial charge in [0.1, 0.15) is 0 Å². The van der Waals surface area contributed by atoms with Crippen molar-refractivity contribution in [2.45, 2.75) is 26.2 Å². The van der Waals surface area contributed by atoms with Crippen molar-refractivity contribution in [2.75, 3.05) is 26.2 Å². The number of H-pyrrole nitrogens is 2. The molecule has 8 heteroatoms. The van der Waals surface area contributed by atoms with Crippen LogP contribution in [0.25, 0.3) is 0 Å². The fourth-order valence-electron chi connectivity index (χ4n) is 4.71. The zero-order valence-corrected chi connectivity index (χ0v) is 17.3. The zero-order valence-electron chi connectivity index (χ0n) is 16.5. The number of aryl methyl sites for hydroxylation is 2. The lowest BCUT2D eigenvalue weighted by Gasteiger charge is -2.28. The standard InChI is InChI=1S/C21H26N4O3.ClH/c1-14-17(19(27)24-20(28)23-14)9-18(26)25-11-16-10-22-12-21(16,13-25)8-7-15-5-3-2-4-6-15;/h2-6,16,22H,7-13H2,1H3,(H2,23,24,27,28);1H. The molecule has 2 atom stereocenters. The van der Waals surface area contributed by atoms with Crippen molar-refractivity contribution in [1.82, 2.24) is 20.2 Å². The van der Waals surface area contributed by atoms with Gasteiger partial charge in [0.05, 0.1) is 6.42 Å². The van der Waals surface area contributed by atoms with E-state index in [0.29, 0.717) is 17.2 Å². The fraction of sp³-hybridized carbons (Fsp3) is 0.476. The van der Waals surface area contributed by atoms with Crippen LogP contribution in [0.2, 0.25) is 0 Å². The first-order valence-corrected chi connectivity index (χ1v) is 9.81. The number of nitrogens with one attached hydrogen (secondary N) is 3. The lowest BCUT2D eigenvalue weighted by Crippen LogP contribution is -2.38. The van der Waals surface area contributed by atoms with E-state index < -0.39 is 11.2 Å². The first-order chi connectivity index (χ1) is 13.5. The minimum Gasteiger partial charge on any atom is -0.341 e. The topological polar surface area (TPSA) is 98.1 Å². The number of carbonyl (C=O) groups excluding carboxylic acids is 1. The third kappa shape index (κ3) is 4.31. The van der Waals surface area contributed by atoms with E-state index in [0.717, 1.165) is 39.0 Å². The van der Waals surface area contributed by atoms with E-state index in [1.54, 1.807) is 6.92 Å². The van der Waals surface area contributed by atoms with Crippen LogP contribution in [0.1, 0.15) is 23.2 Å². The summed E-state index contributed by atoms with van der Waals surface area (Å²) >= 11 is 0. The third-order valence-electron chi connectivity index (χ3n) is 6.37. The Balaban J connectivity index is 0.00000240. The molecule has 7 nitrogen and oxygen atoms in total. The maximum atomic E-state index is 12.9. The number of nitrogens with zero attached hydrogens (tertiary/aromatic N) is 1. The number of likely N-dealkylation sites (tertiary alicyclic amines) is 1. The number of halogens is 1. The van der Waals surface area contributed by atoms with Crippen LogP contribution in [0.5, 0.6) is 0 Å². The number of hydrogen-bond donors (Lipinski definition) is 3. The summed E-state index contributed by atoms with van der Waals surface area (Å²) in [6.07, 6.45) is 2.06. The minimum absolute atomic E-state index is 0. The van der Waals surface area contributed by atoms with Gasteiger partial charge in [-0.25, -0.2) is 4.79 Å². The van der Waals surface area contributed by atoms with Crippen molar-refractivity contribution in [2.24, 2.45) is 11.3 Å². The van der Waals surface area contributed by atoms with Crippen LogP contribution in [0.15, 0.2) is 39.9 Å². The number of carbonyl (C=O) groups is 1. The molecule has 156 valence electrons. The van der Waals surface area contributed by atoms with Gasteiger partial charge in [0.2, 0.25) is 5.91 Å². The molecule has 0 radical (unpaired) electrons. The predicted octanol–water partition coefficient (Wildman–Crippen LogP) is 1.02. The maximum absolute atomic E-state index is 12.9. The van der Waals surface area contributed by atoms with Crippen LogP contribution in [0.4, 0.5) is 0 Å². The molecule has 2 aromatic rings. The highest BCUT2D eigenvalue weighted by Gasteiger charge is 2.50. The lowest BCUT2D eigenvalue weighted by molar-refractivity contribution is -0.130. The van der Waals surface area contributed by atoms with Gasteiger partial charge < -0.3 is 15.2 Å². The Morgan fingerprint density at radius 2 is 1.97 bits per heavy atom. The van der Waals surface area contributed by atoms with Crippen LogP contribution >= 0.6 is 12.4 Å². The molecule has 2 aliphatic rings. The molecule has 4 rings (SSSR count). The Morgan fingerprint density at radius 3 is 2.69 bits per heavy atom. The predicted molar refractivity (Wildman–Crippen MR) is 114 cm³/mol. The molecule has 0 aliphatic carbocycles. The molecule has 1 amide bonds. The number of benzene rings is 1. The summed E-state index contributed by atoms with van der Waals surface area (Å²) < 4.78 is 0. The second kappa shape index (κ2) is 8.55. The van der Waals surface area contributed by atoms with Crippen molar-refractivity contribution in [1.29, 1.82) is 0 Å². The molecule has 2 fully saturated rings. The van der Waals surface area contributed by atoms with Gasteiger partial charge in [0.15, 0.2) is 0 Å². The van der Waals surface area contributed by atoms with Gasteiger partial charge in [-0.05, 0) is 31.2 Å². The number of fused-ring (bicyclic) bond motifs is 1. The fourth-order valence-corrected chi connectivity index (χ4v) is 4.71. The Morgan fingerprint density at radius 1 is 1.21 bits per heavy atom. The van der Waals surface area contributed by atoms with E-state index in [9.17, 15) is 14.4 Å². The number of aromatic amines is 2. The van der Waals surface area contributed by atoms with Crippen molar-refractivity contribution in [3.63, 3.8) is 0 Å². The van der Waals surface area contributed by atoms with Gasteiger partial charge in [-0.2, -0.15) is 0 Å². The van der Waals surface area contributed by atoms with E-state index in [-0.39, 0.29) is 30.2 Å². The molecule has 29 heavy (non-hydrogen) atoms. The van der Waals surface area contributed by atoms with Crippen molar-refractivity contribution in [3.05, 3.63) is 68.0 Å². The first kappa shape index (κ1) is 21.3. The van der Waals surface area contributed by atoms with E-state index in [4.69, 9.17) is 0 Å². The highest BCUT2D eigenvalue weighted by Crippen LogP contribution is 2.42. The largest absolute Gasteiger partial charge is 0.341 e. The Labute approximate surface area is 175 Å². The van der Waals surface area contributed by atoms with E-state index in [1.807, 2.05) is 11.0 Å². The SMILES string of the molecule is Cc1[nH]c(=O)[nH]c(=O)c1CC(=O)N1CC2CNCC2(CCc2ccccc2)C1.Cl. The normalized spacial score (nSPS) is 22.9. The zero-order chi connectivity index (χ0) is 19.7. The summed E-state index contributed by atoms with van der Waals surface area (Å²) in [6, 6.07) is 10.4. The van der Waals surface area contributed by atoms with Gasteiger partial charge >= 0.3 is 5.69 Å². The van der Waals surface area contributed by atoms with E-state index >= 15 is 0 Å². The van der Waals surface area contributed by atoms with Crippen molar-refractivity contribution < 1.29 is 4.79 Å². The smallest absolute Gasteiger partial charge is 0.325 e. The van der Waals surface area contributed by atoms with Gasteiger partial charge in [-0.1, -0.05) is 30.3 Å². The van der Waals surface area contributed by atoms with Gasteiger partial charge in [-0.15, -0.1) is 12.4 Å². The van der Waals surface area contributed by atoms with Crippen molar-refractivity contribution >= 4 is 18.3 Å². The maximum Gasteiger partial charge on any atom is 0.325 e. The second-order valence-corrected chi connectivity index (χ2v) is 8.14. The van der Waals surface area contributed by atoms with Crippen LogP contribution < -0.4 is 16.6 Å². The third-order valence-corrected chi connectivity index (χ3v) is 6.37. The molecule has 0 spiro atoms. The molecular weight excluding hydrogens is 392 g/mol. The molecule has 0 saturated carbocycles. The molecule has 3 heterocycles. The van der Waals surface area contributed by atoms with E-state index in [2.05, 4.69) is 39.6 Å². The summed E-state index contributed by atoms with van der Waals surface area (Å²) in [6.45, 7) is 4.95. The monoisotopic (exact) mass is 418 g/mol. The molecule has 2 unspecified atom stereocenters. The van der Waals surface area contributed by atoms with Crippen LogP contribution in [0.3, 0.4) is 0 Å². The molecule has 1 aromatic heterocycles. The average molecular weight is 419 g/mol. The van der Waals surface area contributed by atoms with Gasteiger partial charge in [0, 0.05) is 42.9 Å². The summed E-state index contributed by atoms with van der Waals surface area (Å²) in [5, 5.41) is 3.50. The first-order valence-electron chi connectivity index (χ1n) is 9.81. The second-order valence-electron chi connectivity index (χ2n) is 8.14. The summed E-state index contributed by atoms with van der Waals surface area (Å²) in [7, 11) is 0. The average Bonchev–Trinajstić information content (AvgIpc) is 3.21. The number of aromatic nitrogens is 2.